The van der Waals surface area contributed by atoms with Crippen molar-refractivity contribution < 1.29 is 9.53 Å². The minimum absolute atomic E-state index is 0.259. The number of nitrogens with one attached hydrogen (secondary N) is 1. The normalized spacial score (nSPS) is 21.0. The largest absolute Gasteiger partial charge is 0.449 e. The highest BCUT2D eigenvalue weighted by Crippen LogP contribution is 2.26. The summed E-state index contributed by atoms with van der Waals surface area (Å²) in [4.78, 5) is 11.1. The Kier molecular flexibility index (Phi) is 1.93. The topological polar surface area (TPSA) is 38.3 Å². The second-order valence-electron chi connectivity index (χ2n) is 3.21. The van der Waals surface area contributed by atoms with Gasteiger partial charge in [-0.15, -0.1) is 0 Å². The molecule has 0 aliphatic carbocycles. The van der Waals surface area contributed by atoms with Crippen LogP contribution in [0, 0.1) is 0 Å². The van der Waals surface area contributed by atoms with Crippen LogP contribution >= 0.6 is 0 Å². The quantitative estimate of drug-likeness (QED) is 0.660. The fourth-order valence-corrected chi connectivity index (χ4v) is 1.48. The van der Waals surface area contributed by atoms with Crippen molar-refractivity contribution >= 4 is 11.8 Å². The molecule has 68 valence electrons. The van der Waals surface area contributed by atoms with Gasteiger partial charge >= 0.3 is 6.09 Å². The molecule has 1 aliphatic heterocycles. The van der Waals surface area contributed by atoms with E-state index in [2.05, 4.69) is 5.32 Å². The lowest BCUT2D eigenvalue weighted by molar-refractivity contribution is 0.158. The number of rotatable bonds is 0. The predicted octanol–water partition coefficient (Wildman–Crippen LogP) is 2.35. The maximum atomic E-state index is 11.1. The van der Waals surface area contributed by atoms with Crippen molar-refractivity contribution in [3.63, 3.8) is 0 Å². The summed E-state index contributed by atoms with van der Waals surface area (Å²) in [5.41, 5.74) is 1.99. The standard InChI is InChI=1S/C10H11NO2/c1-7-6-13-10(12)11-9-5-3-2-4-8(7)9/h2-5,7H,6H2,1H3,(H,11,12). The zero-order valence-electron chi connectivity index (χ0n) is 7.41. The Bertz CT molecular complexity index is 335. The van der Waals surface area contributed by atoms with E-state index in [0.29, 0.717) is 6.61 Å². The van der Waals surface area contributed by atoms with E-state index in [1.165, 1.54) is 0 Å². The molecule has 1 N–H and O–H groups in total. The highest BCUT2D eigenvalue weighted by Gasteiger charge is 2.18. The summed E-state index contributed by atoms with van der Waals surface area (Å²) in [6.45, 7) is 2.49. The Hall–Kier alpha value is -1.51. The first-order valence-electron chi connectivity index (χ1n) is 4.30. The Balaban J connectivity index is 2.43. The van der Waals surface area contributed by atoms with Crippen LogP contribution in [-0.4, -0.2) is 12.7 Å². The predicted molar refractivity (Wildman–Crippen MR) is 49.8 cm³/mol. The van der Waals surface area contributed by atoms with Crippen molar-refractivity contribution in [1.82, 2.24) is 0 Å². The van der Waals surface area contributed by atoms with Gasteiger partial charge in [0, 0.05) is 11.6 Å². The second kappa shape index (κ2) is 3.09. The van der Waals surface area contributed by atoms with Gasteiger partial charge < -0.3 is 4.74 Å². The van der Waals surface area contributed by atoms with Crippen LogP contribution in [0.5, 0.6) is 0 Å². The van der Waals surface area contributed by atoms with Gasteiger partial charge in [0.05, 0.1) is 6.61 Å². The van der Waals surface area contributed by atoms with Gasteiger partial charge in [-0.3, -0.25) is 5.32 Å². The number of carbonyl (C=O) groups excluding carboxylic acids is 1. The van der Waals surface area contributed by atoms with Crippen molar-refractivity contribution in [3.8, 4) is 0 Å². The molecule has 0 saturated heterocycles. The minimum atomic E-state index is -0.364. The molecule has 3 heteroatoms. The van der Waals surface area contributed by atoms with Crippen molar-refractivity contribution in [1.29, 1.82) is 0 Å². The van der Waals surface area contributed by atoms with Crippen molar-refractivity contribution in [2.45, 2.75) is 12.8 Å². The van der Waals surface area contributed by atoms with Crippen LogP contribution in [0.2, 0.25) is 0 Å². The fraction of sp³-hybridized carbons (Fsp3) is 0.300. The van der Waals surface area contributed by atoms with E-state index < -0.39 is 0 Å². The Morgan fingerprint density at radius 1 is 1.46 bits per heavy atom. The maximum absolute atomic E-state index is 11.1. The molecule has 13 heavy (non-hydrogen) atoms. The van der Waals surface area contributed by atoms with Crippen LogP contribution in [0.15, 0.2) is 24.3 Å². The molecule has 0 bridgehead atoms. The molecule has 0 aromatic heterocycles. The molecule has 0 spiro atoms. The SMILES string of the molecule is CC1COC(=O)Nc2ccccc21. The van der Waals surface area contributed by atoms with Gasteiger partial charge in [-0.1, -0.05) is 25.1 Å². The lowest BCUT2D eigenvalue weighted by atomic mass is 10.0. The Morgan fingerprint density at radius 2 is 2.23 bits per heavy atom. The van der Waals surface area contributed by atoms with Crippen LogP contribution in [0.1, 0.15) is 18.4 Å². The number of fused-ring (bicyclic) bond motifs is 1. The summed E-state index contributed by atoms with van der Waals surface area (Å²) in [5, 5.41) is 2.69. The van der Waals surface area contributed by atoms with E-state index in [1.54, 1.807) is 0 Å². The van der Waals surface area contributed by atoms with Gasteiger partial charge in [-0.25, -0.2) is 4.79 Å². The maximum Gasteiger partial charge on any atom is 0.411 e. The van der Waals surface area contributed by atoms with Gasteiger partial charge in [-0.2, -0.15) is 0 Å². The van der Waals surface area contributed by atoms with Crippen LogP contribution in [0.4, 0.5) is 10.5 Å². The zero-order chi connectivity index (χ0) is 9.26. The molecule has 0 radical (unpaired) electrons. The van der Waals surface area contributed by atoms with E-state index >= 15 is 0 Å². The molecule has 1 aromatic carbocycles. The third-order valence-corrected chi connectivity index (χ3v) is 2.19. The Labute approximate surface area is 76.7 Å². The second-order valence-corrected chi connectivity index (χ2v) is 3.21. The smallest absolute Gasteiger partial charge is 0.411 e. The molecule has 0 saturated carbocycles. The lowest BCUT2D eigenvalue weighted by Crippen LogP contribution is -2.11. The molecule has 1 aromatic rings. The summed E-state index contributed by atoms with van der Waals surface area (Å²) in [7, 11) is 0. The highest BCUT2D eigenvalue weighted by molar-refractivity contribution is 5.86. The van der Waals surface area contributed by atoms with E-state index in [4.69, 9.17) is 4.74 Å². The third-order valence-electron chi connectivity index (χ3n) is 2.19. The zero-order valence-corrected chi connectivity index (χ0v) is 7.41. The van der Waals surface area contributed by atoms with Gasteiger partial charge in [0.1, 0.15) is 0 Å². The number of cyclic esters (lactones) is 1. The van der Waals surface area contributed by atoms with Gasteiger partial charge in [0.2, 0.25) is 0 Å². The number of carbonyl (C=O) groups is 1. The third kappa shape index (κ3) is 1.49. The first-order valence-corrected chi connectivity index (χ1v) is 4.30. The summed E-state index contributed by atoms with van der Waals surface area (Å²) < 4.78 is 4.95. The number of amides is 1. The first kappa shape index (κ1) is 8.10. The summed E-state index contributed by atoms with van der Waals surface area (Å²) in [6, 6.07) is 7.76. The van der Waals surface area contributed by atoms with E-state index in [0.717, 1.165) is 11.3 Å². The van der Waals surface area contributed by atoms with Gasteiger partial charge in [0.15, 0.2) is 0 Å². The van der Waals surface area contributed by atoms with E-state index in [9.17, 15) is 4.79 Å². The van der Waals surface area contributed by atoms with Crippen LogP contribution in [0.25, 0.3) is 0 Å². The van der Waals surface area contributed by atoms with Crippen LogP contribution in [-0.2, 0) is 4.74 Å². The fourth-order valence-electron chi connectivity index (χ4n) is 1.48. The molecule has 0 fully saturated rings. The van der Waals surface area contributed by atoms with Crippen LogP contribution < -0.4 is 5.32 Å². The molecule has 1 amide bonds. The molecular weight excluding hydrogens is 166 g/mol. The molecule has 3 nitrogen and oxygen atoms in total. The lowest BCUT2D eigenvalue weighted by Gasteiger charge is -2.08. The van der Waals surface area contributed by atoms with Gasteiger partial charge in [0.25, 0.3) is 0 Å². The highest BCUT2D eigenvalue weighted by atomic mass is 16.5. The number of ether oxygens (including phenoxy) is 1. The van der Waals surface area contributed by atoms with Crippen LogP contribution in [0.3, 0.4) is 0 Å². The molecule has 1 heterocycles. The molecular formula is C10H11NO2. The van der Waals surface area contributed by atoms with E-state index in [1.807, 2.05) is 31.2 Å². The first-order chi connectivity index (χ1) is 6.27. The number of anilines is 1. The number of hydrogen-bond acceptors (Lipinski definition) is 2. The van der Waals surface area contributed by atoms with Crippen molar-refractivity contribution in [3.05, 3.63) is 29.8 Å². The summed E-state index contributed by atoms with van der Waals surface area (Å²) >= 11 is 0. The number of hydrogen-bond donors (Lipinski definition) is 1. The molecule has 1 unspecified atom stereocenters. The molecule has 2 rings (SSSR count). The average molecular weight is 177 g/mol. The van der Waals surface area contributed by atoms with Gasteiger partial charge in [-0.05, 0) is 11.6 Å². The summed E-state index contributed by atoms with van der Waals surface area (Å²) in [5.74, 6) is 0.259. The van der Waals surface area contributed by atoms with Crippen molar-refractivity contribution in [2.24, 2.45) is 0 Å². The van der Waals surface area contributed by atoms with E-state index in [-0.39, 0.29) is 12.0 Å². The monoisotopic (exact) mass is 177 g/mol. The summed E-state index contributed by atoms with van der Waals surface area (Å²) in [6.07, 6.45) is -0.364. The number of benzene rings is 1. The minimum Gasteiger partial charge on any atom is -0.449 e. The Morgan fingerprint density at radius 3 is 3.08 bits per heavy atom. The molecule has 1 atom stereocenters. The molecule has 1 aliphatic rings. The number of para-hydroxylation sites is 1. The average Bonchev–Trinajstić information content (AvgIpc) is 2.27. The van der Waals surface area contributed by atoms with Crippen molar-refractivity contribution in [2.75, 3.05) is 11.9 Å².